The number of rotatable bonds is 4. The van der Waals surface area contributed by atoms with E-state index in [-0.39, 0.29) is 46.6 Å². The van der Waals surface area contributed by atoms with Gasteiger partial charge in [-0.25, -0.2) is 18.1 Å². The van der Waals surface area contributed by atoms with Crippen LogP contribution in [0.25, 0.3) is 0 Å². The molecule has 0 aromatic heterocycles. The SMILES string of the molecule is CC1CCC2(CC1)NC(=O)N(CN1CCN(S(=O)(=O)c3cccc(Cl)c3Cl)CC1)C2=O. The summed E-state index contributed by atoms with van der Waals surface area (Å²) in [7, 11) is -3.78. The van der Waals surface area contributed by atoms with Crippen molar-refractivity contribution in [3.05, 3.63) is 28.2 Å². The summed E-state index contributed by atoms with van der Waals surface area (Å²) in [6, 6.07) is 4.17. The number of benzene rings is 1. The highest BCUT2D eigenvalue weighted by Crippen LogP contribution is 2.36. The fraction of sp³-hybridized carbons (Fsp3) is 0.600. The third-order valence-corrected chi connectivity index (χ3v) is 9.45. The van der Waals surface area contributed by atoms with Crippen LogP contribution >= 0.6 is 23.2 Å². The molecule has 3 aliphatic rings. The minimum atomic E-state index is -3.78. The van der Waals surface area contributed by atoms with Gasteiger partial charge in [0.15, 0.2) is 0 Å². The van der Waals surface area contributed by atoms with Gasteiger partial charge < -0.3 is 5.32 Å². The molecule has 0 atom stereocenters. The summed E-state index contributed by atoms with van der Waals surface area (Å²) in [6.07, 6.45) is 3.17. The number of carbonyl (C=O) groups is 2. The van der Waals surface area contributed by atoms with Gasteiger partial charge in [0.05, 0.1) is 16.7 Å². The third kappa shape index (κ3) is 4.18. The van der Waals surface area contributed by atoms with Gasteiger partial charge in [0.2, 0.25) is 10.0 Å². The zero-order valence-electron chi connectivity index (χ0n) is 17.3. The fourth-order valence-corrected chi connectivity index (χ4v) is 6.69. The number of imide groups is 1. The van der Waals surface area contributed by atoms with Crippen molar-refractivity contribution in [2.75, 3.05) is 32.8 Å². The summed E-state index contributed by atoms with van der Waals surface area (Å²) in [6.45, 7) is 3.59. The predicted molar refractivity (Wildman–Crippen MR) is 117 cm³/mol. The lowest BCUT2D eigenvalue weighted by Gasteiger charge is -2.36. The number of nitrogens with one attached hydrogen (secondary N) is 1. The van der Waals surface area contributed by atoms with Crippen LogP contribution in [0.4, 0.5) is 4.79 Å². The standard InChI is InChI=1S/C20H26Cl2N4O4S/c1-14-5-7-20(8-6-14)18(27)26(19(28)23-20)13-24-9-11-25(12-10-24)31(29,30)16-4-2-3-15(21)17(16)22/h2-4,14H,5-13H2,1H3,(H,23,28). The topological polar surface area (TPSA) is 90.0 Å². The van der Waals surface area contributed by atoms with Crippen molar-refractivity contribution in [2.24, 2.45) is 5.92 Å². The van der Waals surface area contributed by atoms with Crippen LogP contribution in [-0.4, -0.2) is 72.8 Å². The number of halogens is 2. The summed E-state index contributed by atoms with van der Waals surface area (Å²) in [5, 5.41) is 3.12. The summed E-state index contributed by atoms with van der Waals surface area (Å²) < 4.78 is 27.3. The first-order chi connectivity index (χ1) is 14.6. The number of hydrogen-bond donors (Lipinski definition) is 1. The van der Waals surface area contributed by atoms with E-state index in [1.54, 1.807) is 12.1 Å². The first kappa shape index (κ1) is 22.8. The molecule has 1 spiro atoms. The second-order valence-corrected chi connectivity index (χ2v) is 11.3. The number of urea groups is 1. The largest absolute Gasteiger partial charge is 0.326 e. The van der Waals surface area contributed by atoms with E-state index in [2.05, 4.69) is 12.2 Å². The van der Waals surface area contributed by atoms with Crippen molar-refractivity contribution in [3.8, 4) is 0 Å². The van der Waals surface area contributed by atoms with Gasteiger partial charge in [-0.05, 0) is 43.7 Å². The summed E-state index contributed by atoms with van der Waals surface area (Å²) >= 11 is 12.1. The number of amides is 3. The molecule has 0 unspecified atom stereocenters. The highest BCUT2D eigenvalue weighted by Gasteiger charge is 2.52. The maximum Gasteiger partial charge on any atom is 0.326 e. The molecule has 1 saturated carbocycles. The highest BCUT2D eigenvalue weighted by molar-refractivity contribution is 7.89. The van der Waals surface area contributed by atoms with Crippen LogP contribution in [0.5, 0.6) is 0 Å². The van der Waals surface area contributed by atoms with Crippen molar-refractivity contribution in [1.29, 1.82) is 0 Å². The van der Waals surface area contributed by atoms with Gasteiger partial charge in [-0.2, -0.15) is 4.31 Å². The molecule has 3 amide bonds. The van der Waals surface area contributed by atoms with Crippen LogP contribution < -0.4 is 5.32 Å². The Balaban J connectivity index is 1.39. The van der Waals surface area contributed by atoms with E-state index in [1.807, 2.05) is 4.90 Å². The summed E-state index contributed by atoms with van der Waals surface area (Å²) in [5.74, 6) is 0.401. The molecule has 2 saturated heterocycles. The molecule has 170 valence electrons. The second-order valence-electron chi connectivity index (χ2n) is 8.64. The smallest absolute Gasteiger partial charge is 0.323 e. The van der Waals surface area contributed by atoms with Gasteiger partial charge in [-0.15, -0.1) is 0 Å². The molecule has 8 nitrogen and oxygen atoms in total. The maximum absolute atomic E-state index is 13.0. The molecular weight excluding hydrogens is 463 g/mol. The molecule has 11 heteroatoms. The van der Waals surface area contributed by atoms with Gasteiger partial charge >= 0.3 is 6.03 Å². The number of piperazine rings is 1. The molecule has 2 heterocycles. The number of sulfonamides is 1. The third-order valence-electron chi connectivity index (χ3n) is 6.58. The van der Waals surface area contributed by atoms with E-state index in [0.717, 1.165) is 12.8 Å². The van der Waals surface area contributed by atoms with Crippen LogP contribution in [0.3, 0.4) is 0 Å². The minimum Gasteiger partial charge on any atom is -0.323 e. The van der Waals surface area contributed by atoms with Crippen LogP contribution in [0.15, 0.2) is 23.1 Å². The molecule has 1 aliphatic carbocycles. The number of nitrogens with zero attached hydrogens (tertiary/aromatic N) is 3. The maximum atomic E-state index is 13.0. The average Bonchev–Trinajstić information content (AvgIpc) is 2.97. The minimum absolute atomic E-state index is 0.0121. The van der Waals surface area contributed by atoms with Crippen molar-refractivity contribution in [2.45, 2.75) is 43.0 Å². The Morgan fingerprint density at radius 2 is 1.74 bits per heavy atom. The molecule has 1 aromatic carbocycles. The van der Waals surface area contributed by atoms with Gasteiger partial charge in [0.25, 0.3) is 5.91 Å². The summed E-state index contributed by atoms with van der Waals surface area (Å²) in [5.41, 5.74) is -0.766. The lowest BCUT2D eigenvalue weighted by atomic mass is 9.77. The van der Waals surface area contributed by atoms with E-state index < -0.39 is 15.6 Å². The van der Waals surface area contributed by atoms with Crippen LogP contribution in [0.2, 0.25) is 10.0 Å². The lowest BCUT2D eigenvalue weighted by molar-refractivity contribution is -0.134. The Morgan fingerprint density at radius 1 is 1.10 bits per heavy atom. The van der Waals surface area contributed by atoms with E-state index in [9.17, 15) is 18.0 Å². The number of hydrogen-bond acceptors (Lipinski definition) is 5. The van der Waals surface area contributed by atoms with Crippen molar-refractivity contribution in [3.63, 3.8) is 0 Å². The second kappa shape index (κ2) is 8.51. The lowest BCUT2D eigenvalue weighted by Crippen LogP contribution is -2.53. The first-order valence-corrected chi connectivity index (χ1v) is 12.6. The quantitative estimate of drug-likeness (QED) is 0.657. The molecule has 31 heavy (non-hydrogen) atoms. The molecule has 1 aromatic rings. The Bertz CT molecular complexity index is 987. The molecule has 1 N–H and O–H groups in total. The Kier molecular flexibility index (Phi) is 6.26. The van der Waals surface area contributed by atoms with Gasteiger partial charge in [0, 0.05) is 26.2 Å². The fourth-order valence-electron chi connectivity index (χ4n) is 4.53. The molecule has 0 bridgehead atoms. The van der Waals surface area contributed by atoms with Gasteiger partial charge in [-0.3, -0.25) is 9.69 Å². The highest BCUT2D eigenvalue weighted by atomic mass is 35.5. The van der Waals surface area contributed by atoms with Crippen molar-refractivity contribution in [1.82, 2.24) is 19.4 Å². The molecule has 3 fully saturated rings. The molecule has 2 aliphatic heterocycles. The molecular formula is C20H26Cl2N4O4S. The van der Waals surface area contributed by atoms with Crippen LogP contribution in [0.1, 0.15) is 32.6 Å². The van der Waals surface area contributed by atoms with Crippen LogP contribution in [0, 0.1) is 5.92 Å². The normalized spacial score (nSPS) is 28.4. The molecule has 4 rings (SSSR count). The van der Waals surface area contributed by atoms with Crippen molar-refractivity contribution >= 4 is 45.2 Å². The van der Waals surface area contributed by atoms with E-state index in [4.69, 9.17) is 23.2 Å². The van der Waals surface area contributed by atoms with E-state index >= 15 is 0 Å². The predicted octanol–water partition coefficient (Wildman–Crippen LogP) is 2.76. The van der Waals surface area contributed by atoms with Gasteiger partial charge in [0.1, 0.15) is 10.4 Å². The molecule has 0 radical (unpaired) electrons. The average molecular weight is 489 g/mol. The van der Waals surface area contributed by atoms with Crippen molar-refractivity contribution < 1.29 is 18.0 Å². The zero-order chi connectivity index (χ0) is 22.4. The first-order valence-electron chi connectivity index (χ1n) is 10.4. The van der Waals surface area contributed by atoms with E-state index in [0.29, 0.717) is 31.8 Å². The monoisotopic (exact) mass is 488 g/mol. The zero-order valence-corrected chi connectivity index (χ0v) is 19.6. The summed E-state index contributed by atoms with van der Waals surface area (Å²) in [4.78, 5) is 28.7. The Hall–Kier alpha value is -1.39. The Morgan fingerprint density at radius 3 is 2.39 bits per heavy atom. The number of carbonyl (C=O) groups excluding carboxylic acids is 2. The Labute approximate surface area is 192 Å². The van der Waals surface area contributed by atoms with E-state index in [1.165, 1.54) is 15.3 Å². The van der Waals surface area contributed by atoms with Gasteiger partial charge in [-0.1, -0.05) is 36.2 Å². The van der Waals surface area contributed by atoms with Crippen LogP contribution in [-0.2, 0) is 14.8 Å².